The molecule has 0 radical (unpaired) electrons. The summed E-state index contributed by atoms with van der Waals surface area (Å²) < 4.78 is 4.92. The van der Waals surface area contributed by atoms with Gasteiger partial charge in [-0.05, 0) is 13.8 Å². The van der Waals surface area contributed by atoms with Gasteiger partial charge in [0.1, 0.15) is 0 Å². The van der Waals surface area contributed by atoms with Crippen LogP contribution in [0.15, 0.2) is 40.5 Å². The zero-order chi connectivity index (χ0) is 19.2. The predicted molar refractivity (Wildman–Crippen MR) is 106 cm³/mol. The highest BCUT2D eigenvalue weighted by Gasteiger charge is 2.27. The summed E-state index contributed by atoms with van der Waals surface area (Å²) in [6.45, 7) is 4.58. The zero-order valence-corrected chi connectivity index (χ0v) is 16.7. The number of nitrogens with one attached hydrogen (secondary N) is 1. The van der Waals surface area contributed by atoms with E-state index in [0.717, 1.165) is 5.56 Å². The summed E-state index contributed by atoms with van der Waals surface area (Å²) in [7, 11) is 0. The number of H-pyrrole nitrogens is 1. The van der Waals surface area contributed by atoms with Crippen LogP contribution < -0.4 is 0 Å². The molecule has 2 heterocycles. The molecule has 0 saturated carbocycles. The van der Waals surface area contributed by atoms with Crippen molar-refractivity contribution in [2.75, 3.05) is 24.7 Å². The number of aromatic amines is 1. The lowest BCUT2D eigenvalue weighted by molar-refractivity contribution is -0.137. The Labute approximate surface area is 166 Å². The van der Waals surface area contributed by atoms with Gasteiger partial charge in [-0.3, -0.25) is 9.89 Å². The number of esters is 1. The number of carbonyl (C=O) groups is 2. The number of benzene rings is 1. The number of rotatable bonds is 7. The van der Waals surface area contributed by atoms with Crippen LogP contribution in [0.4, 0.5) is 0 Å². The zero-order valence-electron chi connectivity index (χ0n) is 15.1. The average Bonchev–Trinajstić information content (AvgIpc) is 3.24. The van der Waals surface area contributed by atoms with Crippen molar-refractivity contribution in [2.45, 2.75) is 19.0 Å². The SMILES string of the molecule is CCOC(=O)C=C1SCC(=O)N1CCSc1n[nH]c(-c2ccc(C)cc2)n1. The van der Waals surface area contributed by atoms with Gasteiger partial charge in [0, 0.05) is 17.9 Å². The molecule has 1 aliphatic heterocycles. The van der Waals surface area contributed by atoms with Crippen molar-refractivity contribution >= 4 is 35.4 Å². The number of hydrogen-bond acceptors (Lipinski definition) is 7. The van der Waals surface area contributed by atoms with E-state index < -0.39 is 5.97 Å². The molecule has 0 aliphatic carbocycles. The van der Waals surface area contributed by atoms with E-state index >= 15 is 0 Å². The number of amides is 1. The van der Waals surface area contributed by atoms with Gasteiger partial charge in [0.2, 0.25) is 11.1 Å². The largest absolute Gasteiger partial charge is 0.463 e. The highest BCUT2D eigenvalue weighted by molar-refractivity contribution is 8.04. The van der Waals surface area contributed by atoms with Gasteiger partial charge in [-0.15, -0.1) is 5.10 Å². The van der Waals surface area contributed by atoms with E-state index in [1.165, 1.54) is 35.2 Å². The quantitative estimate of drug-likeness (QED) is 0.431. The summed E-state index contributed by atoms with van der Waals surface area (Å²) >= 11 is 2.81. The van der Waals surface area contributed by atoms with Crippen molar-refractivity contribution in [1.29, 1.82) is 0 Å². The molecule has 0 atom stereocenters. The first-order valence-corrected chi connectivity index (χ1v) is 10.5. The van der Waals surface area contributed by atoms with Crippen LogP contribution in [0.2, 0.25) is 0 Å². The van der Waals surface area contributed by atoms with Crippen molar-refractivity contribution in [3.63, 3.8) is 0 Å². The van der Waals surface area contributed by atoms with Crippen molar-refractivity contribution in [2.24, 2.45) is 0 Å². The number of hydrogen-bond donors (Lipinski definition) is 1. The van der Waals surface area contributed by atoms with Gasteiger partial charge < -0.3 is 9.64 Å². The molecule has 1 aliphatic rings. The molecule has 0 unspecified atom stereocenters. The lowest BCUT2D eigenvalue weighted by Crippen LogP contribution is -2.27. The van der Waals surface area contributed by atoms with Gasteiger partial charge in [-0.2, -0.15) is 0 Å². The van der Waals surface area contributed by atoms with Crippen LogP contribution >= 0.6 is 23.5 Å². The molecule has 1 fully saturated rings. The molecule has 1 N–H and O–H groups in total. The van der Waals surface area contributed by atoms with Gasteiger partial charge in [-0.25, -0.2) is 9.78 Å². The lowest BCUT2D eigenvalue weighted by Gasteiger charge is -2.15. The monoisotopic (exact) mass is 404 g/mol. The second-order valence-electron chi connectivity index (χ2n) is 5.75. The molecule has 1 amide bonds. The second-order valence-corrected chi connectivity index (χ2v) is 7.81. The Morgan fingerprint density at radius 1 is 1.41 bits per heavy atom. The van der Waals surface area contributed by atoms with E-state index in [2.05, 4.69) is 15.2 Å². The Morgan fingerprint density at radius 2 is 2.19 bits per heavy atom. The van der Waals surface area contributed by atoms with E-state index in [0.29, 0.717) is 40.7 Å². The molecular formula is C18H20N4O3S2. The maximum atomic E-state index is 12.0. The molecule has 1 saturated heterocycles. The first kappa shape index (κ1) is 19.5. The molecule has 9 heteroatoms. The minimum Gasteiger partial charge on any atom is -0.463 e. The maximum Gasteiger partial charge on any atom is 0.333 e. The number of nitrogens with zero attached hydrogens (tertiary/aromatic N) is 3. The molecule has 27 heavy (non-hydrogen) atoms. The van der Waals surface area contributed by atoms with Crippen molar-refractivity contribution in [1.82, 2.24) is 20.1 Å². The average molecular weight is 405 g/mol. The van der Waals surface area contributed by atoms with Gasteiger partial charge in [0.15, 0.2) is 5.82 Å². The molecule has 142 valence electrons. The number of aryl methyl sites for hydroxylation is 1. The smallest absolute Gasteiger partial charge is 0.333 e. The minimum atomic E-state index is -0.427. The van der Waals surface area contributed by atoms with Crippen LogP contribution in [0.1, 0.15) is 12.5 Å². The van der Waals surface area contributed by atoms with Crippen LogP contribution in [0.25, 0.3) is 11.4 Å². The van der Waals surface area contributed by atoms with E-state index in [-0.39, 0.29) is 5.91 Å². The van der Waals surface area contributed by atoms with E-state index in [1.54, 1.807) is 11.8 Å². The predicted octanol–water partition coefficient (Wildman–Crippen LogP) is 2.85. The Morgan fingerprint density at radius 3 is 2.93 bits per heavy atom. The topological polar surface area (TPSA) is 88.2 Å². The molecule has 2 aromatic rings. The van der Waals surface area contributed by atoms with Gasteiger partial charge in [0.25, 0.3) is 0 Å². The van der Waals surface area contributed by atoms with E-state index in [9.17, 15) is 9.59 Å². The van der Waals surface area contributed by atoms with Crippen molar-refractivity contribution < 1.29 is 14.3 Å². The van der Waals surface area contributed by atoms with Gasteiger partial charge in [-0.1, -0.05) is 53.4 Å². The number of carbonyl (C=O) groups excluding carboxylic acids is 2. The van der Waals surface area contributed by atoms with Crippen LogP contribution in [0, 0.1) is 6.92 Å². The Kier molecular flexibility index (Phi) is 6.57. The second kappa shape index (κ2) is 9.09. The summed E-state index contributed by atoms with van der Waals surface area (Å²) in [4.78, 5) is 29.8. The van der Waals surface area contributed by atoms with E-state index in [4.69, 9.17) is 4.74 Å². The molecule has 1 aromatic heterocycles. The van der Waals surface area contributed by atoms with Crippen molar-refractivity contribution in [3.8, 4) is 11.4 Å². The fourth-order valence-corrected chi connectivity index (χ4v) is 4.11. The summed E-state index contributed by atoms with van der Waals surface area (Å²) in [5.74, 6) is 1.25. The fraction of sp³-hybridized carbons (Fsp3) is 0.333. The minimum absolute atomic E-state index is 0.00789. The third-order valence-electron chi connectivity index (χ3n) is 3.77. The molecule has 1 aromatic carbocycles. The summed E-state index contributed by atoms with van der Waals surface area (Å²) in [5.41, 5.74) is 2.17. The van der Waals surface area contributed by atoms with Crippen molar-refractivity contribution in [3.05, 3.63) is 40.9 Å². The summed E-state index contributed by atoms with van der Waals surface area (Å²) in [6.07, 6.45) is 1.38. The molecule has 0 spiro atoms. The normalized spacial score (nSPS) is 15.6. The third kappa shape index (κ3) is 5.14. The first-order chi connectivity index (χ1) is 13.1. The Hall–Kier alpha value is -2.26. The molecular weight excluding hydrogens is 384 g/mol. The molecule has 3 rings (SSSR count). The Balaban J connectivity index is 1.56. The van der Waals surface area contributed by atoms with Gasteiger partial charge >= 0.3 is 5.97 Å². The molecule has 0 bridgehead atoms. The fourth-order valence-electron chi connectivity index (χ4n) is 2.43. The summed E-state index contributed by atoms with van der Waals surface area (Å²) in [5, 5.41) is 8.42. The van der Waals surface area contributed by atoms with Crippen LogP contribution in [0.3, 0.4) is 0 Å². The summed E-state index contributed by atoms with van der Waals surface area (Å²) in [6, 6.07) is 8.05. The lowest BCUT2D eigenvalue weighted by atomic mass is 10.1. The number of ether oxygens (including phenoxy) is 1. The number of aromatic nitrogens is 3. The highest BCUT2D eigenvalue weighted by Crippen LogP contribution is 2.29. The Bertz CT molecular complexity index is 849. The standard InChI is InChI=1S/C18H20N4O3S2/c1-3-25-16(24)10-15-22(14(23)11-27-15)8-9-26-18-19-17(20-21-18)13-6-4-12(2)5-7-13/h4-7,10H,3,8-9,11H2,1-2H3,(H,19,20,21). The first-order valence-electron chi connectivity index (χ1n) is 8.50. The van der Waals surface area contributed by atoms with Crippen LogP contribution in [-0.2, 0) is 14.3 Å². The third-order valence-corrected chi connectivity index (χ3v) is 5.63. The highest BCUT2D eigenvalue weighted by atomic mass is 32.2. The van der Waals surface area contributed by atoms with E-state index in [1.807, 2.05) is 31.2 Å². The van der Waals surface area contributed by atoms with Crippen LogP contribution in [-0.4, -0.2) is 56.6 Å². The van der Waals surface area contributed by atoms with Gasteiger partial charge in [0.05, 0.1) is 23.5 Å². The van der Waals surface area contributed by atoms with Crippen LogP contribution in [0.5, 0.6) is 0 Å². The number of thioether (sulfide) groups is 2. The maximum absolute atomic E-state index is 12.0. The molecule has 7 nitrogen and oxygen atoms in total.